The highest BCUT2D eigenvalue weighted by atomic mass is 35.5. The molecule has 0 unspecified atom stereocenters. The minimum atomic E-state index is -0.777. The summed E-state index contributed by atoms with van der Waals surface area (Å²) in [5.41, 5.74) is 0.130. The van der Waals surface area contributed by atoms with Crippen molar-refractivity contribution in [1.29, 1.82) is 0 Å². The van der Waals surface area contributed by atoms with Crippen molar-refractivity contribution in [3.8, 4) is 0 Å². The van der Waals surface area contributed by atoms with E-state index in [4.69, 9.17) is 11.6 Å². The fourth-order valence-corrected chi connectivity index (χ4v) is 2.66. The quantitative estimate of drug-likeness (QED) is 0.802. The van der Waals surface area contributed by atoms with E-state index in [0.29, 0.717) is 10.7 Å². The summed E-state index contributed by atoms with van der Waals surface area (Å²) in [6, 6.07) is 7.80. The SMILES string of the molecule is CCSc1ccc(Cl)cc1NC(=O)c1cc(F)ccc1F. The predicted octanol–water partition coefficient (Wildman–Crippen LogP) is 4.98. The summed E-state index contributed by atoms with van der Waals surface area (Å²) >= 11 is 7.42. The van der Waals surface area contributed by atoms with Crippen molar-refractivity contribution in [2.75, 3.05) is 11.1 Å². The Hall–Kier alpha value is -1.59. The van der Waals surface area contributed by atoms with Crippen molar-refractivity contribution >= 4 is 35.0 Å². The molecule has 0 atom stereocenters. The van der Waals surface area contributed by atoms with E-state index in [-0.39, 0.29) is 5.56 Å². The molecule has 0 bridgehead atoms. The second-order valence-corrected chi connectivity index (χ2v) is 5.89. The lowest BCUT2D eigenvalue weighted by Gasteiger charge is -2.11. The van der Waals surface area contributed by atoms with E-state index in [9.17, 15) is 13.6 Å². The Labute approximate surface area is 130 Å². The fourth-order valence-electron chi connectivity index (χ4n) is 1.74. The molecule has 1 amide bonds. The van der Waals surface area contributed by atoms with Crippen LogP contribution in [0.1, 0.15) is 17.3 Å². The number of carbonyl (C=O) groups excluding carboxylic acids is 1. The number of amides is 1. The van der Waals surface area contributed by atoms with Gasteiger partial charge in [0.1, 0.15) is 11.6 Å². The van der Waals surface area contributed by atoms with Crippen molar-refractivity contribution in [3.63, 3.8) is 0 Å². The molecule has 0 saturated heterocycles. The van der Waals surface area contributed by atoms with Gasteiger partial charge in [-0.1, -0.05) is 18.5 Å². The monoisotopic (exact) mass is 327 g/mol. The van der Waals surface area contributed by atoms with Crippen LogP contribution in [0.4, 0.5) is 14.5 Å². The third-order valence-corrected chi connectivity index (χ3v) is 3.85. The third-order valence-electron chi connectivity index (χ3n) is 2.66. The molecule has 2 rings (SSSR count). The topological polar surface area (TPSA) is 29.1 Å². The molecule has 0 radical (unpaired) electrons. The molecule has 0 aliphatic rings. The molecule has 0 fully saturated rings. The highest BCUT2D eigenvalue weighted by molar-refractivity contribution is 7.99. The summed E-state index contributed by atoms with van der Waals surface area (Å²) in [4.78, 5) is 12.9. The highest BCUT2D eigenvalue weighted by Gasteiger charge is 2.15. The molecule has 0 aliphatic carbocycles. The lowest BCUT2D eigenvalue weighted by Crippen LogP contribution is -2.14. The van der Waals surface area contributed by atoms with Gasteiger partial charge in [0.05, 0.1) is 11.3 Å². The van der Waals surface area contributed by atoms with Crippen molar-refractivity contribution in [2.45, 2.75) is 11.8 Å². The van der Waals surface area contributed by atoms with Gasteiger partial charge in [-0.2, -0.15) is 0 Å². The smallest absolute Gasteiger partial charge is 0.258 e. The normalized spacial score (nSPS) is 10.5. The molecule has 1 N–H and O–H groups in total. The zero-order chi connectivity index (χ0) is 15.4. The first-order valence-electron chi connectivity index (χ1n) is 6.20. The largest absolute Gasteiger partial charge is 0.321 e. The molecule has 2 nitrogen and oxygen atoms in total. The standard InChI is InChI=1S/C15H12ClF2NOS/c1-2-21-14-6-3-9(16)7-13(14)19-15(20)11-8-10(17)4-5-12(11)18/h3-8H,2H2,1H3,(H,19,20). The van der Waals surface area contributed by atoms with E-state index >= 15 is 0 Å². The summed E-state index contributed by atoms with van der Waals surface area (Å²) in [7, 11) is 0. The molecule has 2 aromatic carbocycles. The minimum Gasteiger partial charge on any atom is -0.321 e. The minimum absolute atomic E-state index is 0.345. The predicted molar refractivity (Wildman–Crippen MR) is 82.2 cm³/mol. The maximum atomic E-state index is 13.6. The maximum Gasteiger partial charge on any atom is 0.258 e. The Morgan fingerprint density at radius 2 is 2.00 bits per heavy atom. The van der Waals surface area contributed by atoms with E-state index in [1.54, 1.807) is 18.2 Å². The second-order valence-electron chi connectivity index (χ2n) is 4.15. The maximum absolute atomic E-state index is 13.6. The number of thioether (sulfide) groups is 1. The molecule has 110 valence electrons. The number of nitrogens with one attached hydrogen (secondary N) is 1. The first-order chi connectivity index (χ1) is 10.0. The Morgan fingerprint density at radius 3 is 2.71 bits per heavy atom. The zero-order valence-electron chi connectivity index (χ0n) is 11.1. The van der Waals surface area contributed by atoms with Crippen LogP contribution >= 0.6 is 23.4 Å². The Morgan fingerprint density at radius 1 is 1.24 bits per heavy atom. The van der Waals surface area contributed by atoms with Gasteiger partial charge < -0.3 is 5.32 Å². The van der Waals surface area contributed by atoms with Crippen LogP contribution in [0.2, 0.25) is 5.02 Å². The number of halogens is 3. The van der Waals surface area contributed by atoms with Gasteiger partial charge >= 0.3 is 0 Å². The van der Waals surface area contributed by atoms with Crippen LogP contribution in [0, 0.1) is 11.6 Å². The van der Waals surface area contributed by atoms with E-state index in [1.165, 1.54) is 11.8 Å². The summed E-state index contributed by atoms with van der Waals surface area (Å²) in [6.45, 7) is 1.97. The Bertz CT molecular complexity index is 679. The molecule has 6 heteroatoms. The van der Waals surface area contributed by atoms with Gasteiger partial charge in [0.2, 0.25) is 0 Å². The van der Waals surface area contributed by atoms with E-state index in [1.807, 2.05) is 6.92 Å². The van der Waals surface area contributed by atoms with E-state index in [2.05, 4.69) is 5.32 Å². The van der Waals surface area contributed by atoms with Crippen molar-refractivity contribution in [2.24, 2.45) is 0 Å². The van der Waals surface area contributed by atoms with Crippen molar-refractivity contribution < 1.29 is 13.6 Å². The fraction of sp³-hybridized carbons (Fsp3) is 0.133. The summed E-state index contributed by atoms with van der Waals surface area (Å²) in [5.74, 6) is -1.36. The number of hydrogen-bond acceptors (Lipinski definition) is 2. The Balaban J connectivity index is 2.31. The zero-order valence-corrected chi connectivity index (χ0v) is 12.7. The van der Waals surface area contributed by atoms with Crippen LogP contribution in [-0.2, 0) is 0 Å². The first-order valence-corrected chi connectivity index (χ1v) is 7.56. The van der Waals surface area contributed by atoms with Gasteiger partial charge in [0, 0.05) is 9.92 Å². The molecule has 0 aliphatic heterocycles. The molecule has 0 heterocycles. The number of rotatable bonds is 4. The molecular formula is C15H12ClF2NOS. The number of benzene rings is 2. The van der Waals surface area contributed by atoms with Crippen LogP contribution in [0.15, 0.2) is 41.3 Å². The third kappa shape index (κ3) is 3.95. The first kappa shape index (κ1) is 15.8. The lowest BCUT2D eigenvalue weighted by molar-refractivity contribution is 0.102. The van der Waals surface area contributed by atoms with Gasteiger partial charge in [0.15, 0.2) is 0 Å². The molecule has 21 heavy (non-hydrogen) atoms. The van der Waals surface area contributed by atoms with Crippen LogP contribution in [0.25, 0.3) is 0 Å². The number of anilines is 1. The van der Waals surface area contributed by atoms with Crippen molar-refractivity contribution in [1.82, 2.24) is 0 Å². The number of carbonyl (C=O) groups is 1. The van der Waals surface area contributed by atoms with Crippen LogP contribution in [-0.4, -0.2) is 11.7 Å². The molecule has 0 spiro atoms. The van der Waals surface area contributed by atoms with Gasteiger partial charge in [0.25, 0.3) is 5.91 Å². The van der Waals surface area contributed by atoms with Gasteiger partial charge in [-0.05, 0) is 42.2 Å². The second kappa shape index (κ2) is 6.91. The molecular weight excluding hydrogens is 316 g/mol. The average molecular weight is 328 g/mol. The van der Waals surface area contributed by atoms with Gasteiger partial charge in [-0.15, -0.1) is 11.8 Å². The van der Waals surface area contributed by atoms with Gasteiger partial charge in [-0.3, -0.25) is 4.79 Å². The summed E-state index contributed by atoms with van der Waals surface area (Å²) in [5, 5.41) is 3.02. The van der Waals surface area contributed by atoms with Crippen LogP contribution in [0.3, 0.4) is 0 Å². The van der Waals surface area contributed by atoms with Crippen LogP contribution < -0.4 is 5.32 Å². The molecule has 0 aromatic heterocycles. The van der Waals surface area contributed by atoms with E-state index in [0.717, 1.165) is 28.8 Å². The average Bonchev–Trinajstić information content (AvgIpc) is 2.44. The van der Waals surface area contributed by atoms with Crippen molar-refractivity contribution in [3.05, 3.63) is 58.6 Å². The molecule has 2 aromatic rings. The number of hydrogen-bond donors (Lipinski definition) is 1. The summed E-state index contributed by atoms with van der Waals surface area (Å²) < 4.78 is 26.7. The summed E-state index contributed by atoms with van der Waals surface area (Å²) in [6.07, 6.45) is 0. The lowest BCUT2D eigenvalue weighted by atomic mass is 10.2. The molecule has 0 saturated carbocycles. The van der Waals surface area contributed by atoms with Gasteiger partial charge in [-0.25, -0.2) is 8.78 Å². The van der Waals surface area contributed by atoms with Crippen LogP contribution in [0.5, 0.6) is 0 Å². The van der Waals surface area contributed by atoms with E-state index < -0.39 is 17.5 Å². The highest BCUT2D eigenvalue weighted by Crippen LogP contribution is 2.30. The Kier molecular flexibility index (Phi) is 5.20.